The van der Waals surface area contributed by atoms with Crippen LogP contribution in [0.1, 0.15) is 19.8 Å². The number of Topliss-reactive ketones (excluding diaryl/α,β-unsaturated/α-hetero) is 1. The van der Waals surface area contributed by atoms with Gasteiger partial charge in [-0.05, 0) is 6.92 Å². The van der Waals surface area contributed by atoms with E-state index >= 15 is 0 Å². The molecule has 0 saturated carbocycles. The molecule has 0 aliphatic carbocycles. The fourth-order valence-corrected chi connectivity index (χ4v) is 1.33. The van der Waals surface area contributed by atoms with Crippen molar-refractivity contribution in [3.63, 3.8) is 0 Å². The van der Waals surface area contributed by atoms with Crippen LogP contribution >= 0.6 is 0 Å². The third-order valence-corrected chi connectivity index (χ3v) is 2.26. The summed E-state index contributed by atoms with van der Waals surface area (Å²) in [4.78, 5) is 45.2. The smallest absolute Gasteiger partial charge is 0.253 e. The molecule has 0 saturated heterocycles. The molecule has 0 radical (unpaired) electrons. The number of rotatable bonds is 6. The lowest BCUT2D eigenvalue weighted by Gasteiger charge is -2.12. The molecule has 0 aromatic rings. The van der Waals surface area contributed by atoms with Crippen LogP contribution in [0.2, 0.25) is 0 Å². The first-order valence-corrected chi connectivity index (χ1v) is 5.30. The molecule has 92 valence electrons. The molecular weight excluding hydrogens is 224 g/mol. The van der Waals surface area contributed by atoms with E-state index in [-0.39, 0.29) is 37.6 Å². The van der Waals surface area contributed by atoms with Crippen LogP contribution < -0.4 is 5.32 Å². The third-order valence-electron chi connectivity index (χ3n) is 2.26. The van der Waals surface area contributed by atoms with Crippen LogP contribution in [0.15, 0.2) is 12.2 Å². The van der Waals surface area contributed by atoms with Gasteiger partial charge in [-0.1, -0.05) is 0 Å². The summed E-state index contributed by atoms with van der Waals surface area (Å²) in [5.41, 5.74) is 0. The van der Waals surface area contributed by atoms with Crippen molar-refractivity contribution >= 4 is 23.5 Å². The summed E-state index contributed by atoms with van der Waals surface area (Å²) in [6.07, 6.45) is 2.69. The van der Waals surface area contributed by atoms with Crippen molar-refractivity contribution in [2.45, 2.75) is 19.8 Å². The number of amides is 3. The number of ketones is 1. The van der Waals surface area contributed by atoms with Crippen molar-refractivity contribution in [2.24, 2.45) is 0 Å². The van der Waals surface area contributed by atoms with E-state index in [1.807, 2.05) is 0 Å². The average molecular weight is 238 g/mol. The molecule has 0 aromatic carbocycles. The quantitative estimate of drug-likeness (QED) is 0.626. The maximum absolute atomic E-state index is 11.3. The first-order chi connectivity index (χ1) is 8.00. The maximum Gasteiger partial charge on any atom is 0.253 e. The van der Waals surface area contributed by atoms with E-state index < -0.39 is 11.8 Å². The second kappa shape index (κ2) is 5.93. The molecular formula is C11H14N2O4. The number of nitrogens with zero attached hydrogens (tertiary/aromatic N) is 1. The molecule has 0 fully saturated rings. The molecule has 1 heterocycles. The highest BCUT2D eigenvalue weighted by Crippen LogP contribution is 2.03. The Morgan fingerprint density at radius 1 is 1.18 bits per heavy atom. The van der Waals surface area contributed by atoms with Crippen LogP contribution in [0, 0.1) is 0 Å². The Kier molecular flexibility index (Phi) is 4.56. The summed E-state index contributed by atoms with van der Waals surface area (Å²) in [7, 11) is 0. The van der Waals surface area contributed by atoms with Crippen LogP contribution in [-0.2, 0) is 19.2 Å². The van der Waals surface area contributed by atoms with Crippen molar-refractivity contribution in [3.05, 3.63) is 12.2 Å². The summed E-state index contributed by atoms with van der Waals surface area (Å²) in [6, 6.07) is 0. The minimum absolute atomic E-state index is 0.000557. The van der Waals surface area contributed by atoms with Gasteiger partial charge in [0.25, 0.3) is 11.8 Å². The molecule has 0 aromatic heterocycles. The summed E-state index contributed by atoms with van der Waals surface area (Å²) in [5, 5.41) is 2.54. The number of carbonyl (C=O) groups is 4. The van der Waals surface area contributed by atoms with E-state index in [4.69, 9.17) is 0 Å². The Morgan fingerprint density at radius 3 is 2.29 bits per heavy atom. The van der Waals surface area contributed by atoms with Crippen LogP contribution in [0.5, 0.6) is 0 Å². The molecule has 3 amide bonds. The van der Waals surface area contributed by atoms with Crippen LogP contribution in [0.4, 0.5) is 0 Å². The van der Waals surface area contributed by atoms with Crippen molar-refractivity contribution in [1.29, 1.82) is 0 Å². The third kappa shape index (κ3) is 4.18. The predicted molar refractivity (Wildman–Crippen MR) is 58.8 cm³/mol. The van der Waals surface area contributed by atoms with Gasteiger partial charge in [0.1, 0.15) is 5.78 Å². The van der Waals surface area contributed by atoms with Crippen LogP contribution in [0.25, 0.3) is 0 Å². The number of carbonyl (C=O) groups excluding carboxylic acids is 4. The Balaban J connectivity index is 2.22. The van der Waals surface area contributed by atoms with Crippen molar-refractivity contribution in [2.75, 3.05) is 13.1 Å². The van der Waals surface area contributed by atoms with E-state index in [2.05, 4.69) is 5.32 Å². The number of hydrogen-bond acceptors (Lipinski definition) is 4. The number of hydrogen-bond donors (Lipinski definition) is 1. The Labute approximate surface area is 98.6 Å². The first kappa shape index (κ1) is 13.1. The predicted octanol–water partition coefficient (Wildman–Crippen LogP) is -0.603. The molecule has 17 heavy (non-hydrogen) atoms. The van der Waals surface area contributed by atoms with Gasteiger partial charge in [-0.3, -0.25) is 24.1 Å². The molecule has 6 nitrogen and oxygen atoms in total. The second-order valence-electron chi connectivity index (χ2n) is 3.71. The first-order valence-electron chi connectivity index (χ1n) is 5.30. The van der Waals surface area contributed by atoms with Crippen molar-refractivity contribution in [3.8, 4) is 0 Å². The van der Waals surface area contributed by atoms with Crippen molar-refractivity contribution in [1.82, 2.24) is 10.2 Å². The zero-order valence-electron chi connectivity index (χ0n) is 9.56. The second-order valence-corrected chi connectivity index (χ2v) is 3.71. The van der Waals surface area contributed by atoms with Crippen LogP contribution in [0.3, 0.4) is 0 Å². The van der Waals surface area contributed by atoms with Gasteiger partial charge in [0.05, 0.1) is 0 Å². The fraction of sp³-hybridized carbons (Fsp3) is 0.455. The van der Waals surface area contributed by atoms with Gasteiger partial charge in [0.2, 0.25) is 5.91 Å². The van der Waals surface area contributed by atoms with Gasteiger partial charge in [-0.25, -0.2) is 0 Å². The highest BCUT2D eigenvalue weighted by Gasteiger charge is 2.23. The molecule has 6 heteroatoms. The zero-order valence-corrected chi connectivity index (χ0v) is 9.56. The van der Waals surface area contributed by atoms with Crippen LogP contribution in [-0.4, -0.2) is 41.5 Å². The van der Waals surface area contributed by atoms with Gasteiger partial charge in [0.15, 0.2) is 0 Å². The standard InChI is InChI=1S/C11H14N2O4/c1-8(14)4-6-12-9(15)5-7-13-10(16)2-3-11(13)17/h2-3H,4-7H2,1H3,(H,12,15). The average Bonchev–Trinajstić information content (AvgIpc) is 2.55. The van der Waals surface area contributed by atoms with E-state index in [9.17, 15) is 19.2 Å². The molecule has 1 aliphatic rings. The van der Waals surface area contributed by atoms with E-state index in [0.717, 1.165) is 4.90 Å². The Morgan fingerprint density at radius 2 is 1.76 bits per heavy atom. The lowest BCUT2D eigenvalue weighted by molar-refractivity contribution is -0.137. The fourth-order valence-electron chi connectivity index (χ4n) is 1.33. The normalized spacial score (nSPS) is 14.3. The Hall–Kier alpha value is -1.98. The minimum atomic E-state index is -0.397. The minimum Gasteiger partial charge on any atom is -0.356 e. The largest absolute Gasteiger partial charge is 0.356 e. The SMILES string of the molecule is CC(=O)CCNC(=O)CCN1C(=O)C=CC1=O. The highest BCUT2D eigenvalue weighted by atomic mass is 16.2. The molecule has 1 rings (SSSR count). The van der Waals surface area contributed by atoms with Gasteiger partial charge in [0, 0.05) is 38.1 Å². The summed E-state index contributed by atoms with van der Waals surface area (Å²) in [5.74, 6) is -1.07. The molecule has 1 aliphatic heterocycles. The maximum atomic E-state index is 11.3. The van der Waals surface area contributed by atoms with Gasteiger partial charge < -0.3 is 5.32 Å². The molecule has 0 unspecified atom stereocenters. The van der Waals surface area contributed by atoms with E-state index in [0.29, 0.717) is 0 Å². The molecule has 0 spiro atoms. The highest BCUT2D eigenvalue weighted by molar-refractivity contribution is 6.13. The number of nitrogens with one attached hydrogen (secondary N) is 1. The van der Waals surface area contributed by atoms with Gasteiger partial charge in [-0.2, -0.15) is 0 Å². The van der Waals surface area contributed by atoms with Gasteiger partial charge in [-0.15, -0.1) is 0 Å². The summed E-state index contributed by atoms with van der Waals surface area (Å²) < 4.78 is 0. The lowest BCUT2D eigenvalue weighted by Crippen LogP contribution is -2.35. The Bertz CT molecular complexity index is 369. The molecule has 0 atom stereocenters. The number of imide groups is 1. The zero-order chi connectivity index (χ0) is 12.8. The van der Waals surface area contributed by atoms with Crippen molar-refractivity contribution < 1.29 is 19.2 Å². The summed E-state index contributed by atoms with van der Waals surface area (Å²) in [6.45, 7) is 1.80. The van der Waals surface area contributed by atoms with Gasteiger partial charge >= 0.3 is 0 Å². The van der Waals surface area contributed by atoms with E-state index in [1.165, 1.54) is 19.1 Å². The molecule has 1 N–H and O–H groups in total. The summed E-state index contributed by atoms with van der Waals surface area (Å²) >= 11 is 0. The van der Waals surface area contributed by atoms with E-state index in [1.54, 1.807) is 0 Å². The lowest BCUT2D eigenvalue weighted by atomic mass is 10.3. The molecule has 0 bridgehead atoms. The topological polar surface area (TPSA) is 83.6 Å². The monoisotopic (exact) mass is 238 g/mol.